The van der Waals surface area contributed by atoms with Crippen molar-refractivity contribution in [3.05, 3.63) is 46.9 Å². The third-order valence-corrected chi connectivity index (χ3v) is 3.82. The van der Waals surface area contributed by atoms with Gasteiger partial charge in [0.15, 0.2) is 0 Å². The molecule has 1 amide bonds. The van der Waals surface area contributed by atoms with E-state index in [4.69, 9.17) is 16.3 Å². The van der Waals surface area contributed by atoms with E-state index in [1.807, 2.05) is 0 Å². The molecule has 1 atom stereocenters. The lowest BCUT2D eigenvalue weighted by molar-refractivity contribution is 0.102. The Morgan fingerprint density at radius 1 is 1.50 bits per heavy atom. The fourth-order valence-electron chi connectivity index (χ4n) is 2.41. The maximum atomic E-state index is 13.8. The normalized spacial score (nSPS) is 17.6. The van der Waals surface area contributed by atoms with Crippen molar-refractivity contribution in [1.29, 1.82) is 0 Å². The number of carbonyl (C=O) groups is 1. The standard InChI is InChI=1S/C15H15ClFN3O2/c16-11-1-2-12(13(17)7-11)15(21)19-14-3-5-18-20(14)8-10-4-6-22-9-10/h1-3,5,7,10H,4,6,8-9H2,(H,19,21)/t10-/m0/s1. The summed E-state index contributed by atoms with van der Waals surface area (Å²) in [6.45, 7) is 2.11. The van der Waals surface area contributed by atoms with Crippen LogP contribution in [0.25, 0.3) is 0 Å². The Bertz CT molecular complexity index is 683. The van der Waals surface area contributed by atoms with E-state index in [1.165, 1.54) is 12.1 Å². The first-order valence-corrected chi connectivity index (χ1v) is 7.37. The Morgan fingerprint density at radius 2 is 2.36 bits per heavy atom. The lowest BCUT2D eigenvalue weighted by atomic mass is 10.1. The number of hydrogen-bond donors (Lipinski definition) is 1. The summed E-state index contributed by atoms with van der Waals surface area (Å²) in [6.07, 6.45) is 2.57. The summed E-state index contributed by atoms with van der Waals surface area (Å²) >= 11 is 5.69. The van der Waals surface area contributed by atoms with E-state index in [-0.39, 0.29) is 10.6 Å². The van der Waals surface area contributed by atoms with E-state index in [2.05, 4.69) is 10.4 Å². The van der Waals surface area contributed by atoms with Gasteiger partial charge < -0.3 is 10.1 Å². The first-order valence-electron chi connectivity index (χ1n) is 6.99. The second-order valence-electron chi connectivity index (χ2n) is 5.21. The van der Waals surface area contributed by atoms with Crippen molar-refractivity contribution in [2.45, 2.75) is 13.0 Å². The van der Waals surface area contributed by atoms with Crippen LogP contribution in [0, 0.1) is 11.7 Å². The summed E-state index contributed by atoms with van der Waals surface area (Å²) in [5.74, 6) is -0.270. The Labute approximate surface area is 132 Å². The molecule has 1 aliphatic heterocycles. The fraction of sp³-hybridized carbons (Fsp3) is 0.333. The van der Waals surface area contributed by atoms with Crippen LogP contribution in [0.5, 0.6) is 0 Å². The quantitative estimate of drug-likeness (QED) is 0.941. The highest BCUT2D eigenvalue weighted by atomic mass is 35.5. The molecule has 5 nitrogen and oxygen atoms in total. The number of anilines is 1. The zero-order valence-corrected chi connectivity index (χ0v) is 12.5. The molecule has 116 valence electrons. The molecule has 1 N–H and O–H groups in total. The summed E-state index contributed by atoms with van der Waals surface area (Å²) in [4.78, 5) is 12.2. The lowest BCUT2D eigenvalue weighted by Crippen LogP contribution is -2.19. The van der Waals surface area contributed by atoms with Gasteiger partial charge in [-0.1, -0.05) is 11.6 Å². The van der Waals surface area contributed by atoms with Crippen LogP contribution in [0.4, 0.5) is 10.2 Å². The van der Waals surface area contributed by atoms with Crippen molar-refractivity contribution in [2.24, 2.45) is 5.92 Å². The Morgan fingerprint density at radius 3 is 3.09 bits per heavy atom. The first-order chi connectivity index (χ1) is 10.6. The second kappa shape index (κ2) is 6.46. The highest BCUT2D eigenvalue weighted by molar-refractivity contribution is 6.30. The summed E-state index contributed by atoms with van der Waals surface area (Å²) in [5.41, 5.74) is -0.0543. The SMILES string of the molecule is O=C(Nc1ccnn1C[C@@H]1CCOC1)c1ccc(Cl)cc1F. The van der Waals surface area contributed by atoms with Gasteiger partial charge in [0.05, 0.1) is 18.4 Å². The largest absolute Gasteiger partial charge is 0.381 e. The molecular formula is C15H15ClFN3O2. The molecule has 2 heterocycles. The number of ether oxygens (including phenoxy) is 1. The summed E-state index contributed by atoms with van der Waals surface area (Å²) < 4.78 is 20.8. The molecule has 1 fully saturated rings. The maximum Gasteiger partial charge on any atom is 0.259 e. The highest BCUT2D eigenvalue weighted by Crippen LogP contribution is 2.19. The van der Waals surface area contributed by atoms with E-state index >= 15 is 0 Å². The number of amides is 1. The van der Waals surface area contributed by atoms with Crippen molar-refractivity contribution in [3.8, 4) is 0 Å². The van der Waals surface area contributed by atoms with Crippen LogP contribution < -0.4 is 5.32 Å². The van der Waals surface area contributed by atoms with Crippen molar-refractivity contribution in [3.63, 3.8) is 0 Å². The minimum absolute atomic E-state index is 0.0543. The van der Waals surface area contributed by atoms with Crippen molar-refractivity contribution in [2.75, 3.05) is 18.5 Å². The van der Waals surface area contributed by atoms with Crippen molar-refractivity contribution in [1.82, 2.24) is 9.78 Å². The number of benzene rings is 1. The summed E-state index contributed by atoms with van der Waals surface area (Å²) in [5, 5.41) is 7.12. The van der Waals surface area contributed by atoms with Gasteiger partial charge in [-0.05, 0) is 24.6 Å². The third kappa shape index (κ3) is 3.28. The molecule has 0 bridgehead atoms. The number of halogens is 2. The fourth-order valence-corrected chi connectivity index (χ4v) is 2.57. The topological polar surface area (TPSA) is 56.2 Å². The Hall–Kier alpha value is -1.92. The zero-order chi connectivity index (χ0) is 15.5. The summed E-state index contributed by atoms with van der Waals surface area (Å²) in [7, 11) is 0. The molecule has 1 aliphatic rings. The number of carbonyl (C=O) groups excluding carboxylic acids is 1. The van der Waals surface area contributed by atoms with Gasteiger partial charge in [-0.15, -0.1) is 0 Å². The molecule has 0 unspecified atom stereocenters. The predicted molar refractivity (Wildman–Crippen MR) is 80.5 cm³/mol. The van der Waals surface area contributed by atoms with E-state index in [0.29, 0.717) is 24.9 Å². The number of nitrogens with one attached hydrogen (secondary N) is 1. The van der Waals surface area contributed by atoms with Crippen LogP contribution in [-0.2, 0) is 11.3 Å². The minimum Gasteiger partial charge on any atom is -0.381 e. The molecule has 2 aromatic rings. The zero-order valence-electron chi connectivity index (χ0n) is 11.8. The van der Waals surface area contributed by atoms with Gasteiger partial charge >= 0.3 is 0 Å². The van der Waals surface area contributed by atoms with Gasteiger partial charge in [-0.25, -0.2) is 9.07 Å². The van der Waals surface area contributed by atoms with Gasteiger partial charge in [-0.3, -0.25) is 4.79 Å². The van der Waals surface area contributed by atoms with E-state index in [0.717, 1.165) is 19.1 Å². The van der Waals surface area contributed by atoms with Gasteiger partial charge in [0, 0.05) is 30.2 Å². The molecule has 1 saturated heterocycles. The molecule has 22 heavy (non-hydrogen) atoms. The van der Waals surface area contributed by atoms with Crippen molar-refractivity contribution >= 4 is 23.3 Å². The summed E-state index contributed by atoms with van der Waals surface area (Å²) in [6, 6.07) is 5.64. The third-order valence-electron chi connectivity index (χ3n) is 3.59. The smallest absolute Gasteiger partial charge is 0.259 e. The van der Waals surface area contributed by atoms with E-state index in [1.54, 1.807) is 16.9 Å². The van der Waals surface area contributed by atoms with Crippen LogP contribution in [0.2, 0.25) is 5.02 Å². The highest BCUT2D eigenvalue weighted by Gasteiger charge is 2.19. The number of nitrogens with zero attached hydrogens (tertiary/aromatic N) is 2. The van der Waals surface area contributed by atoms with Crippen molar-refractivity contribution < 1.29 is 13.9 Å². The average Bonchev–Trinajstić information content (AvgIpc) is 3.12. The monoisotopic (exact) mass is 323 g/mol. The van der Waals surface area contributed by atoms with Gasteiger partial charge in [-0.2, -0.15) is 5.10 Å². The lowest BCUT2D eigenvalue weighted by Gasteiger charge is -2.12. The maximum absolute atomic E-state index is 13.8. The van der Waals surface area contributed by atoms with Crippen LogP contribution in [-0.4, -0.2) is 28.9 Å². The number of hydrogen-bond acceptors (Lipinski definition) is 3. The average molecular weight is 324 g/mol. The molecule has 1 aromatic heterocycles. The first kappa shape index (κ1) is 15.0. The number of rotatable bonds is 4. The Kier molecular flexibility index (Phi) is 4.40. The minimum atomic E-state index is -0.653. The Balaban J connectivity index is 1.72. The molecule has 0 radical (unpaired) electrons. The molecule has 3 rings (SSSR count). The molecule has 7 heteroatoms. The molecule has 1 aromatic carbocycles. The van der Waals surface area contributed by atoms with Crippen LogP contribution in [0.15, 0.2) is 30.5 Å². The molecule has 0 spiro atoms. The second-order valence-corrected chi connectivity index (χ2v) is 5.64. The predicted octanol–water partition coefficient (Wildman–Crippen LogP) is 2.96. The van der Waals surface area contributed by atoms with Gasteiger partial charge in [0.1, 0.15) is 11.6 Å². The van der Waals surface area contributed by atoms with Crippen LogP contribution >= 0.6 is 11.6 Å². The van der Waals surface area contributed by atoms with E-state index < -0.39 is 11.7 Å². The van der Waals surface area contributed by atoms with Gasteiger partial charge in [0.25, 0.3) is 5.91 Å². The van der Waals surface area contributed by atoms with Crippen LogP contribution in [0.1, 0.15) is 16.8 Å². The van der Waals surface area contributed by atoms with Crippen LogP contribution in [0.3, 0.4) is 0 Å². The van der Waals surface area contributed by atoms with Gasteiger partial charge in [0.2, 0.25) is 0 Å². The number of aromatic nitrogens is 2. The molecule has 0 aliphatic carbocycles. The molecule has 0 saturated carbocycles. The van der Waals surface area contributed by atoms with E-state index in [9.17, 15) is 9.18 Å². The molecular weight excluding hydrogens is 309 g/mol.